The predicted molar refractivity (Wildman–Crippen MR) is 99.4 cm³/mol. The van der Waals surface area contributed by atoms with Crippen molar-refractivity contribution in [3.63, 3.8) is 0 Å². The van der Waals surface area contributed by atoms with Crippen molar-refractivity contribution in [2.75, 3.05) is 33.3 Å². The van der Waals surface area contributed by atoms with Crippen molar-refractivity contribution in [2.24, 2.45) is 0 Å². The van der Waals surface area contributed by atoms with Crippen molar-refractivity contribution in [3.05, 3.63) is 52.8 Å². The Labute approximate surface area is 153 Å². The number of aromatic amines is 1. The van der Waals surface area contributed by atoms with Gasteiger partial charge in [0.2, 0.25) is 5.91 Å². The van der Waals surface area contributed by atoms with Crippen LogP contribution >= 0.6 is 0 Å². The molecule has 1 aromatic heterocycles. The SMILES string of the molecule is COc1cc(C)c(CC(=O)N2CCN(C(=O)c3cc[nH]c3)CC2)cc1C. The van der Waals surface area contributed by atoms with Crippen LogP contribution in [0.2, 0.25) is 0 Å². The molecule has 0 bridgehead atoms. The Morgan fingerprint density at radius 3 is 2.38 bits per heavy atom. The van der Waals surface area contributed by atoms with Gasteiger partial charge in [-0.05, 0) is 42.7 Å². The third-order valence-electron chi connectivity index (χ3n) is 4.96. The number of hydrogen-bond donors (Lipinski definition) is 1. The molecule has 0 saturated carbocycles. The Hall–Kier alpha value is -2.76. The van der Waals surface area contributed by atoms with Gasteiger partial charge in [0.1, 0.15) is 5.75 Å². The van der Waals surface area contributed by atoms with Crippen LogP contribution in [0.3, 0.4) is 0 Å². The summed E-state index contributed by atoms with van der Waals surface area (Å²) in [7, 11) is 1.65. The van der Waals surface area contributed by atoms with E-state index < -0.39 is 0 Å². The lowest BCUT2D eigenvalue weighted by Gasteiger charge is -2.34. The molecular weight excluding hydrogens is 330 g/mol. The molecule has 1 fully saturated rings. The summed E-state index contributed by atoms with van der Waals surface area (Å²) < 4.78 is 5.33. The first-order valence-corrected chi connectivity index (χ1v) is 8.83. The standard InChI is InChI=1S/C20H25N3O3/c1-14-11-18(26-3)15(2)10-17(14)12-19(24)22-6-8-23(9-7-22)20(25)16-4-5-21-13-16/h4-5,10-11,13,21H,6-9,12H2,1-3H3. The molecule has 26 heavy (non-hydrogen) atoms. The highest BCUT2D eigenvalue weighted by Crippen LogP contribution is 2.23. The minimum atomic E-state index is 0.0139. The number of benzene rings is 1. The lowest BCUT2D eigenvalue weighted by atomic mass is 10.0. The largest absolute Gasteiger partial charge is 0.496 e. The Bertz CT molecular complexity index is 791. The van der Waals surface area contributed by atoms with E-state index >= 15 is 0 Å². The highest BCUT2D eigenvalue weighted by atomic mass is 16.5. The minimum Gasteiger partial charge on any atom is -0.496 e. The molecule has 6 nitrogen and oxygen atoms in total. The average molecular weight is 355 g/mol. The molecule has 1 aliphatic heterocycles. The van der Waals surface area contributed by atoms with Gasteiger partial charge in [0, 0.05) is 38.6 Å². The maximum Gasteiger partial charge on any atom is 0.255 e. The molecule has 138 valence electrons. The number of hydrogen-bond acceptors (Lipinski definition) is 3. The predicted octanol–water partition coefficient (Wildman–Crippen LogP) is 2.17. The van der Waals surface area contributed by atoms with E-state index in [0.717, 1.165) is 22.4 Å². The van der Waals surface area contributed by atoms with Crippen molar-refractivity contribution >= 4 is 11.8 Å². The third-order valence-corrected chi connectivity index (χ3v) is 4.96. The van der Waals surface area contributed by atoms with Gasteiger partial charge in [-0.2, -0.15) is 0 Å². The number of carbonyl (C=O) groups is 2. The summed E-state index contributed by atoms with van der Waals surface area (Å²) in [5, 5.41) is 0. The fourth-order valence-electron chi connectivity index (χ4n) is 3.33. The summed E-state index contributed by atoms with van der Waals surface area (Å²) in [5.74, 6) is 0.960. The molecule has 3 rings (SSSR count). The summed E-state index contributed by atoms with van der Waals surface area (Å²) >= 11 is 0. The molecule has 2 aromatic rings. The van der Waals surface area contributed by atoms with Crippen LogP contribution in [0.25, 0.3) is 0 Å². The number of carbonyl (C=O) groups excluding carboxylic acids is 2. The monoisotopic (exact) mass is 355 g/mol. The number of ether oxygens (including phenoxy) is 1. The summed E-state index contributed by atoms with van der Waals surface area (Å²) in [4.78, 5) is 31.6. The summed E-state index contributed by atoms with van der Waals surface area (Å²) in [6.45, 7) is 6.26. The maximum absolute atomic E-state index is 12.7. The maximum atomic E-state index is 12.7. The molecular formula is C20H25N3O3. The van der Waals surface area contributed by atoms with Crippen LogP contribution in [0.4, 0.5) is 0 Å². The van der Waals surface area contributed by atoms with Crippen LogP contribution in [-0.2, 0) is 11.2 Å². The molecule has 0 unspecified atom stereocenters. The van der Waals surface area contributed by atoms with Gasteiger partial charge in [0.15, 0.2) is 0 Å². The van der Waals surface area contributed by atoms with E-state index in [1.807, 2.05) is 30.9 Å². The zero-order valence-corrected chi connectivity index (χ0v) is 15.5. The van der Waals surface area contributed by atoms with Gasteiger partial charge < -0.3 is 19.5 Å². The van der Waals surface area contributed by atoms with Crippen molar-refractivity contribution in [1.82, 2.24) is 14.8 Å². The molecule has 0 aliphatic carbocycles. The van der Waals surface area contributed by atoms with E-state index in [9.17, 15) is 9.59 Å². The number of nitrogens with zero attached hydrogens (tertiary/aromatic N) is 2. The average Bonchev–Trinajstić information content (AvgIpc) is 3.18. The van der Waals surface area contributed by atoms with Gasteiger partial charge in [-0.3, -0.25) is 9.59 Å². The smallest absolute Gasteiger partial charge is 0.255 e. The van der Waals surface area contributed by atoms with Crippen LogP contribution < -0.4 is 4.74 Å². The molecule has 2 amide bonds. The van der Waals surface area contributed by atoms with E-state index in [-0.39, 0.29) is 11.8 Å². The van der Waals surface area contributed by atoms with Gasteiger partial charge in [-0.1, -0.05) is 6.07 Å². The lowest BCUT2D eigenvalue weighted by Crippen LogP contribution is -2.51. The van der Waals surface area contributed by atoms with Crippen LogP contribution in [0.5, 0.6) is 5.75 Å². The normalized spacial score (nSPS) is 14.4. The molecule has 0 atom stereocenters. The first kappa shape index (κ1) is 18.0. The fourth-order valence-corrected chi connectivity index (χ4v) is 3.33. The Morgan fingerprint density at radius 2 is 1.77 bits per heavy atom. The highest BCUT2D eigenvalue weighted by molar-refractivity contribution is 5.94. The van der Waals surface area contributed by atoms with Gasteiger partial charge in [0.05, 0.1) is 19.1 Å². The second kappa shape index (κ2) is 7.64. The van der Waals surface area contributed by atoms with Gasteiger partial charge in [-0.25, -0.2) is 0 Å². The summed E-state index contributed by atoms with van der Waals surface area (Å²) in [5.41, 5.74) is 3.78. The minimum absolute atomic E-state index is 0.0139. The number of nitrogens with one attached hydrogen (secondary N) is 1. The molecule has 0 radical (unpaired) electrons. The van der Waals surface area contributed by atoms with Crippen LogP contribution in [0, 0.1) is 13.8 Å². The lowest BCUT2D eigenvalue weighted by molar-refractivity contribution is -0.131. The Morgan fingerprint density at radius 1 is 1.08 bits per heavy atom. The summed E-state index contributed by atoms with van der Waals surface area (Å²) in [6.07, 6.45) is 3.82. The molecule has 0 spiro atoms. The highest BCUT2D eigenvalue weighted by Gasteiger charge is 2.25. The second-order valence-corrected chi connectivity index (χ2v) is 6.70. The van der Waals surface area contributed by atoms with E-state index in [2.05, 4.69) is 4.98 Å². The summed E-state index contributed by atoms with van der Waals surface area (Å²) in [6, 6.07) is 5.78. The van der Waals surface area contributed by atoms with Gasteiger partial charge >= 0.3 is 0 Å². The fraction of sp³-hybridized carbons (Fsp3) is 0.400. The molecule has 1 saturated heterocycles. The van der Waals surface area contributed by atoms with Crippen molar-refractivity contribution in [3.8, 4) is 5.75 Å². The van der Waals surface area contributed by atoms with Crippen molar-refractivity contribution in [2.45, 2.75) is 20.3 Å². The zero-order chi connectivity index (χ0) is 18.7. The van der Waals surface area contributed by atoms with Crippen molar-refractivity contribution in [1.29, 1.82) is 0 Å². The number of rotatable bonds is 4. The number of aryl methyl sites for hydroxylation is 2. The molecule has 1 aliphatic rings. The number of H-pyrrole nitrogens is 1. The zero-order valence-electron chi connectivity index (χ0n) is 15.5. The van der Waals surface area contributed by atoms with Gasteiger partial charge in [0.25, 0.3) is 5.91 Å². The number of methoxy groups -OCH3 is 1. The van der Waals surface area contributed by atoms with Crippen LogP contribution in [0.1, 0.15) is 27.0 Å². The van der Waals surface area contributed by atoms with Crippen LogP contribution in [0.15, 0.2) is 30.6 Å². The molecule has 1 N–H and O–H groups in total. The number of aromatic nitrogens is 1. The first-order valence-electron chi connectivity index (χ1n) is 8.83. The van der Waals surface area contributed by atoms with E-state index in [4.69, 9.17) is 4.74 Å². The molecule has 2 heterocycles. The topological polar surface area (TPSA) is 65.6 Å². The quantitative estimate of drug-likeness (QED) is 0.914. The van der Waals surface area contributed by atoms with Crippen LogP contribution in [-0.4, -0.2) is 59.9 Å². The molecule has 1 aromatic carbocycles. The number of piperazine rings is 1. The Kier molecular flexibility index (Phi) is 5.30. The van der Waals surface area contributed by atoms with E-state index in [0.29, 0.717) is 38.2 Å². The van der Waals surface area contributed by atoms with E-state index in [1.165, 1.54) is 0 Å². The first-order chi connectivity index (χ1) is 12.5. The van der Waals surface area contributed by atoms with E-state index in [1.54, 1.807) is 30.5 Å². The van der Waals surface area contributed by atoms with Gasteiger partial charge in [-0.15, -0.1) is 0 Å². The second-order valence-electron chi connectivity index (χ2n) is 6.70. The number of amides is 2. The molecule has 6 heteroatoms. The Balaban J connectivity index is 1.59. The third kappa shape index (κ3) is 3.74. The van der Waals surface area contributed by atoms with Crippen molar-refractivity contribution < 1.29 is 14.3 Å².